The standard InChI is InChI=1S/C12H24N2O2/c1-3-8-14(9-4-7-13)12(15)11-6-5-10(2)16-11/h10-11H,3-9,13H2,1-2H3. The molecule has 0 aromatic rings. The molecular weight excluding hydrogens is 204 g/mol. The molecule has 1 aliphatic rings. The van der Waals surface area contributed by atoms with Crippen LogP contribution in [0.5, 0.6) is 0 Å². The van der Waals surface area contributed by atoms with Crippen molar-refractivity contribution in [2.45, 2.75) is 51.7 Å². The quantitative estimate of drug-likeness (QED) is 0.741. The maximum atomic E-state index is 12.1. The normalized spacial score (nSPS) is 24.7. The Kier molecular flexibility index (Phi) is 5.77. The lowest BCUT2D eigenvalue weighted by Crippen LogP contribution is -2.40. The third-order valence-electron chi connectivity index (χ3n) is 2.94. The van der Waals surface area contributed by atoms with Gasteiger partial charge < -0.3 is 15.4 Å². The fourth-order valence-corrected chi connectivity index (χ4v) is 2.07. The highest BCUT2D eigenvalue weighted by molar-refractivity contribution is 5.81. The van der Waals surface area contributed by atoms with Gasteiger partial charge in [0, 0.05) is 13.1 Å². The summed E-state index contributed by atoms with van der Waals surface area (Å²) in [5.41, 5.74) is 5.48. The number of amides is 1. The van der Waals surface area contributed by atoms with Gasteiger partial charge in [0.1, 0.15) is 6.10 Å². The van der Waals surface area contributed by atoms with Crippen molar-refractivity contribution < 1.29 is 9.53 Å². The van der Waals surface area contributed by atoms with E-state index in [1.54, 1.807) is 0 Å². The van der Waals surface area contributed by atoms with E-state index in [4.69, 9.17) is 10.5 Å². The van der Waals surface area contributed by atoms with E-state index in [1.807, 2.05) is 11.8 Å². The van der Waals surface area contributed by atoms with Crippen molar-refractivity contribution >= 4 is 5.91 Å². The van der Waals surface area contributed by atoms with Crippen LogP contribution in [-0.2, 0) is 9.53 Å². The highest BCUT2D eigenvalue weighted by Gasteiger charge is 2.30. The van der Waals surface area contributed by atoms with Crippen molar-refractivity contribution in [1.29, 1.82) is 0 Å². The van der Waals surface area contributed by atoms with E-state index in [-0.39, 0.29) is 18.1 Å². The van der Waals surface area contributed by atoms with E-state index in [2.05, 4.69) is 6.92 Å². The molecule has 4 nitrogen and oxygen atoms in total. The molecule has 1 amide bonds. The van der Waals surface area contributed by atoms with E-state index in [1.165, 1.54) is 0 Å². The minimum absolute atomic E-state index is 0.152. The molecule has 0 aromatic carbocycles. The Hall–Kier alpha value is -0.610. The molecule has 0 saturated carbocycles. The van der Waals surface area contributed by atoms with Crippen LogP contribution in [0.1, 0.15) is 39.5 Å². The van der Waals surface area contributed by atoms with Gasteiger partial charge in [0.15, 0.2) is 0 Å². The number of hydrogen-bond acceptors (Lipinski definition) is 3. The summed E-state index contributed by atoms with van der Waals surface area (Å²) >= 11 is 0. The molecule has 4 heteroatoms. The van der Waals surface area contributed by atoms with Crippen LogP contribution in [0.25, 0.3) is 0 Å². The third-order valence-corrected chi connectivity index (χ3v) is 2.94. The van der Waals surface area contributed by atoms with Gasteiger partial charge in [0.2, 0.25) is 0 Å². The molecule has 0 aromatic heterocycles. The number of carbonyl (C=O) groups excluding carboxylic acids is 1. The van der Waals surface area contributed by atoms with Crippen LogP contribution < -0.4 is 5.73 Å². The summed E-state index contributed by atoms with van der Waals surface area (Å²) in [6.07, 6.45) is 3.73. The summed E-state index contributed by atoms with van der Waals surface area (Å²) in [6, 6.07) is 0. The number of nitrogens with two attached hydrogens (primary N) is 1. The topological polar surface area (TPSA) is 55.6 Å². The lowest BCUT2D eigenvalue weighted by atomic mass is 10.2. The van der Waals surface area contributed by atoms with E-state index in [9.17, 15) is 4.79 Å². The Morgan fingerprint density at radius 2 is 2.19 bits per heavy atom. The molecule has 2 unspecified atom stereocenters. The fraction of sp³-hybridized carbons (Fsp3) is 0.917. The van der Waals surface area contributed by atoms with Crippen LogP contribution in [0, 0.1) is 0 Å². The molecule has 0 bridgehead atoms. The second kappa shape index (κ2) is 6.86. The molecule has 2 N–H and O–H groups in total. The smallest absolute Gasteiger partial charge is 0.251 e. The minimum atomic E-state index is -0.209. The molecule has 1 saturated heterocycles. The molecule has 0 aliphatic carbocycles. The number of rotatable bonds is 6. The maximum absolute atomic E-state index is 12.1. The second-order valence-corrected chi connectivity index (χ2v) is 4.48. The van der Waals surface area contributed by atoms with Gasteiger partial charge in [-0.05, 0) is 39.2 Å². The van der Waals surface area contributed by atoms with Gasteiger partial charge in [-0.1, -0.05) is 6.92 Å². The summed E-state index contributed by atoms with van der Waals surface area (Å²) in [6.45, 7) is 6.32. The Bertz CT molecular complexity index is 221. The molecule has 1 rings (SSSR count). The van der Waals surface area contributed by atoms with E-state index < -0.39 is 0 Å². The third kappa shape index (κ3) is 3.76. The molecule has 1 aliphatic heterocycles. The van der Waals surface area contributed by atoms with Crippen molar-refractivity contribution in [3.63, 3.8) is 0 Å². The van der Waals surface area contributed by atoms with Crippen molar-refractivity contribution in [3.05, 3.63) is 0 Å². The molecule has 0 spiro atoms. The van der Waals surface area contributed by atoms with Gasteiger partial charge in [-0.25, -0.2) is 0 Å². The van der Waals surface area contributed by atoms with Gasteiger partial charge in [0.05, 0.1) is 6.10 Å². The molecule has 16 heavy (non-hydrogen) atoms. The van der Waals surface area contributed by atoms with Crippen LogP contribution in [0.3, 0.4) is 0 Å². The molecule has 1 fully saturated rings. The predicted octanol–water partition coefficient (Wildman–Crippen LogP) is 1.14. The van der Waals surface area contributed by atoms with Crippen molar-refractivity contribution in [2.75, 3.05) is 19.6 Å². The zero-order valence-corrected chi connectivity index (χ0v) is 10.4. The molecule has 0 radical (unpaired) electrons. The molecular formula is C12H24N2O2. The fourth-order valence-electron chi connectivity index (χ4n) is 2.07. The summed E-state index contributed by atoms with van der Waals surface area (Å²) in [5, 5.41) is 0. The number of ether oxygens (including phenoxy) is 1. The summed E-state index contributed by atoms with van der Waals surface area (Å²) in [5.74, 6) is 0.152. The Morgan fingerprint density at radius 1 is 1.44 bits per heavy atom. The van der Waals surface area contributed by atoms with Crippen molar-refractivity contribution in [3.8, 4) is 0 Å². The minimum Gasteiger partial charge on any atom is -0.365 e. The van der Waals surface area contributed by atoms with E-state index in [0.717, 1.165) is 38.8 Å². The summed E-state index contributed by atoms with van der Waals surface area (Å²) in [4.78, 5) is 14.0. The highest BCUT2D eigenvalue weighted by Crippen LogP contribution is 2.21. The summed E-state index contributed by atoms with van der Waals surface area (Å²) in [7, 11) is 0. The first kappa shape index (κ1) is 13.5. The van der Waals surface area contributed by atoms with Crippen molar-refractivity contribution in [2.24, 2.45) is 5.73 Å². The van der Waals surface area contributed by atoms with Crippen molar-refractivity contribution in [1.82, 2.24) is 4.90 Å². The van der Waals surface area contributed by atoms with Crippen LogP contribution in [0.2, 0.25) is 0 Å². The first-order chi connectivity index (χ1) is 7.69. The molecule has 1 heterocycles. The number of nitrogens with zero attached hydrogens (tertiary/aromatic N) is 1. The zero-order valence-electron chi connectivity index (χ0n) is 10.4. The molecule has 94 valence electrons. The monoisotopic (exact) mass is 228 g/mol. The van der Waals surface area contributed by atoms with Crippen LogP contribution in [0.15, 0.2) is 0 Å². The average Bonchev–Trinajstić information content (AvgIpc) is 2.70. The Labute approximate surface area is 98.1 Å². The maximum Gasteiger partial charge on any atom is 0.251 e. The second-order valence-electron chi connectivity index (χ2n) is 4.48. The van der Waals surface area contributed by atoms with Gasteiger partial charge in [0.25, 0.3) is 5.91 Å². The average molecular weight is 228 g/mol. The van der Waals surface area contributed by atoms with Crippen LogP contribution in [-0.4, -0.2) is 42.6 Å². The predicted molar refractivity (Wildman–Crippen MR) is 64.1 cm³/mol. The lowest BCUT2D eigenvalue weighted by Gasteiger charge is -2.25. The SMILES string of the molecule is CCCN(CCCN)C(=O)C1CCC(C)O1. The molecule has 2 atom stereocenters. The largest absolute Gasteiger partial charge is 0.365 e. The first-order valence-corrected chi connectivity index (χ1v) is 6.33. The van der Waals surface area contributed by atoms with Gasteiger partial charge in [-0.15, -0.1) is 0 Å². The van der Waals surface area contributed by atoms with Gasteiger partial charge in [-0.3, -0.25) is 4.79 Å². The highest BCUT2D eigenvalue weighted by atomic mass is 16.5. The van der Waals surface area contributed by atoms with Crippen LogP contribution in [0.4, 0.5) is 0 Å². The van der Waals surface area contributed by atoms with Crippen LogP contribution >= 0.6 is 0 Å². The lowest BCUT2D eigenvalue weighted by molar-refractivity contribution is -0.142. The zero-order chi connectivity index (χ0) is 12.0. The number of carbonyl (C=O) groups is 1. The van der Waals surface area contributed by atoms with Gasteiger partial charge >= 0.3 is 0 Å². The van der Waals surface area contributed by atoms with E-state index in [0.29, 0.717) is 6.54 Å². The Morgan fingerprint density at radius 3 is 2.69 bits per heavy atom. The van der Waals surface area contributed by atoms with E-state index >= 15 is 0 Å². The first-order valence-electron chi connectivity index (χ1n) is 6.33. The Balaban J connectivity index is 2.45. The summed E-state index contributed by atoms with van der Waals surface area (Å²) < 4.78 is 5.61. The van der Waals surface area contributed by atoms with Gasteiger partial charge in [-0.2, -0.15) is 0 Å². The number of hydrogen-bond donors (Lipinski definition) is 1.